The maximum atomic E-state index is 5.85. The van der Waals surface area contributed by atoms with E-state index in [1.807, 2.05) is 0 Å². The van der Waals surface area contributed by atoms with Crippen molar-refractivity contribution in [1.82, 2.24) is 0 Å². The molecule has 5 atom stereocenters. The standard InChI is InChI=1S/C10H20OS/c1-6-7(2)9(4)11-10(5-12)8(6)3/h6-10,12H,5H2,1-4H3/t6-,7?,8+,9-,10?/m1/s1. The minimum Gasteiger partial charge on any atom is -0.374 e. The Hall–Kier alpha value is 0.310. The normalized spacial score (nSPS) is 49.2. The molecule has 0 aromatic heterocycles. The van der Waals surface area contributed by atoms with E-state index in [-0.39, 0.29) is 0 Å². The van der Waals surface area contributed by atoms with Crippen molar-refractivity contribution in [2.24, 2.45) is 17.8 Å². The smallest absolute Gasteiger partial charge is 0.0694 e. The van der Waals surface area contributed by atoms with Crippen molar-refractivity contribution < 1.29 is 4.74 Å². The molecule has 1 saturated heterocycles. The van der Waals surface area contributed by atoms with Crippen LogP contribution in [0.2, 0.25) is 0 Å². The van der Waals surface area contributed by atoms with Gasteiger partial charge in [0.05, 0.1) is 12.2 Å². The van der Waals surface area contributed by atoms with Crippen LogP contribution in [-0.2, 0) is 4.74 Å². The molecular weight excluding hydrogens is 168 g/mol. The van der Waals surface area contributed by atoms with Crippen LogP contribution in [0.1, 0.15) is 27.7 Å². The van der Waals surface area contributed by atoms with E-state index in [0.29, 0.717) is 24.0 Å². The Morgan fingerprint density at radius 1 is 1.00 bits per heavy atom. The minimum absolute atomic E-state index is 0.356. The molecule has 72 valence electrons. The summed E-state index contributed by atoms with van der Waals surface area (Å²) in [7, 11) is 0. The average Bonchev–Trinajstić information content (AvgIpc) is 2.08. The molecule has 0 N–H and O–H groups in total. The van der Waals surface area contributed by atoms with Gasteiger partial charge in [-0.2, -0.15) is 12.6 Å². The fraction of sp³-hybridized carbons (Fsp3) is 1.00. The molecule has 0 bridgehead atoms. The molecule has 2 heteroatoms. The second-order valence-electron chi connectivity index (χ2n) is 4.14. The number of ether oxygens (including phenoxy) is 1. The number of rotatable bonds is 1. The summed E-state index contributed by atoms with van der Waals surface area (Å²) < 4.78 is 5.85. The summed E-state index contributed by atoms with van der Waals surface area (Å²) in [5.74, 6) is 2.93. The van der Waals surface area contributed by atoms with Crippen LogP contribution in [0.15, 0.2) is 0 Å². The summed E-state index contributed by atoms with van der Waals surface area (Å²) in [6.45, 7) is 9.04. The summed E-state index contributed by atoms with van der Waals surface area (Å²) in [5, 5.41) is 0. The van der Waals surface area contributed by atoms with Gasteiger partial charge in [0, 0.05) is 5.75 Å². The molecular formula is C10H20OS. The fourth-order valence-corrected chi connectivity index (χ4v) is 2.40. The van der Waals surface area contributed by atoms with E-state index in [1.54, 1.807) is 0 Å². The first-order valence-corrected chi connectivity index (χ1v) is 5.47. The summed E-state index contributed by atoms with van der Waals surface area (Å²) in [6, 6.07) is 0. The lowest BCUT2D eigenvalue weighted by molar-refractivity contribution is -0.113. The van der Waals surface area contributed by atoms with Gasteiger partial charge in [0.1, 0.15) is 0 Å². The van der Waals surface area contributed by atoms with Crippen LogP contribution < -0.4 is 0 Å². The fourth-order valence-electron chi connectivity index (χ4n) is 1.98. The van der Waals surface area contributed by atoms with Gasteiger partial charge in [-0.1, -0.05) is 20.8 Å². The third-order valence-electron chi connectivity index (χ3n) is 3.55. The highest BCUT2D eigenvalue weighted by Gasteiger charge is 2.35. The van der Waals surface area contributed by atoms with Crippen LogP contribution in [0, 0.1) is 17.8 Å². The topological polar surface area (TPSA) is 9.23 Å². The van der Waals surface area contributed by atoms with Crippen molar-refractivity contribution in [2.45, 2.75) is 39.9 Å². The molecule has 2 unspecified atom stereocenters. The zero-order valence-corrected chi connectivity index (χ0v) is 9.34. The van der Waals surface area contributed by atoms with E-state index in [0.717, 1.165) is 11.7 Å². The van der Waals surface area contributed by atoms with Gasteiger partial charge in [0.25, 0.3) is 0 Å². The van der Waals surface area contributed by atoms with Crippen LogP contribution in [0.25, 0.3) is 0 Å². The number of hydrogen-bond donors (Lipinski definition) is 1. The molecule has 0 spiro atoms. The van der Waals surface area contributed by atoms with Crippen molar-refractivity contribution in [3.8, 4) is 0 Å². The Morgan fingerprint density at radius 2 is 1.58 bits per heavy atom. The van der Waals surface area contributed by atoms with E-state index in [4.69, 9.17) is 4.74 Å². The molecule has 1 nitrogen and oxygen atoms in total. The molecule has 1 aliphatic rings. The van der Waals surface area contributed by atoms with Crippen molar-refractivity contribution in [2.75, 3.05) is 5.75 Å². The average molecular weight is 188 g/mol. The predicted octanol–water partition coefficient (Wildman–Crippen LogP) is 2.61. The van der Waals surface area contributed by atoms with Crippen molar-refractivity contribution in [3.63, 3.8) is 0 Å². The molecule has 1 heterocycles. The van der Waals surface area contributed by atoms with Gasteiger partial charge in [0.2, 0.25) is 0 Å². The lowest BCUT2D eigenvalue weighted by Gasteiger charge is -2.42. The molecule has 1 aliphatic heterocycles. The molecule has 12 heavy (non-hydrogen) atoms. The van der Waals surface area contributed by atoms with E-state index < -0.39 is 0 Å². The molecule has 1 rings (SSSR count). The Labute approximate surface area is 81.3 Å². The highest BCUT2D eigenvalue weighted by molar-refractivity contribution is 7.80. The summed E-state index contributed by atoms with van der Waals surface area (Å²) >= 11 is 4.31. The molecule has 0 amide bonds. The van der Waals surface area contributed by atoms with Gasteiger partial charge in [-0.3, -0.25) is 0 Å². The van der Waals surface area contributed by atoms with E-state index in [9.17, 15) is 0 Å². The van der Waals surface area contributed by atoms with Gasteiger partial charge in [-0.15, -0.1) is 0 Å². The molecule has 0 aromatic carbocycles. The van der Waals surface area contributed by atoms with E-state index in [1.165, 1.54) is 0 Å². The lowest BCUT2D eigenvalue weighted by Crippen LogP contribution is -2.44. The Kier molecular flexibility index (Phi) is 3.47. The maximum Gasteiger partial charge on any atom is 0.0694 e. The number of hydrogen-bond acceptors (Lipinski definition) is 2. The van der Waals surface area contributed by atoms with Gasteiger partial charge >= 0.3 is 0 Å². The Bertz CT molecular complexity index is 144. The lowest BCUT2D eigenvalue weighted by atomic mass is 9.77. The van der Waals surface area contributed by atoms with Gasteiger partial charge < -0.3 is 4.74 Å². The van der Waals surface area contributed by atoms with Crippen molar-refractivity contribution in [3.05, 3.63) is 0 Å². The van der Waals surface area contributed by atoms with Gasteiger partial charge in [-0.05, 0) is 24.7 Å². The van der Waals surface area contributed by atoms with Crippen LogP contribution >= 0.6 is 12.6 Å². The second-order valence-corrected chi connectivity index (χ2v) is 4.50. The SMILES string of the molecule is CC1[C@@H](C)[C@H](C)C(CS)O[C@@H]1C. The molecule has 0 saturated carbocycles. The van der Waals surface area contributed by atoms with E-state index >= 15 is 0 Å². The summed E-state index contributed by atoms with van der Waals surface area (Å²) in [5.41, 5.74) is 0. The molecule has 1 fully saturated rings. The first-order chi connectivity index (χ1) is 5.57. The van der Waals surface area contributed by atoms with Crippen LogP contribution in [0.4, 0.5) is 0 Å². The van der Waals surface area contributed by atoms with Crippen molar-refractivity contribution in [1.29, 1.82) is 0 Å². The third-order valence-corrected chi connectivity index (χ3v) is 3.91. The number of thiol groups is 1. The van der Waals surface area contributed by atoms with Crippen molar-refractivity contribution >= 4 is 12.6 Å². The first-order valence-electron chi connectivity index (χ1n) is 4.84. The summed E-state index contributed by atoms with van der Waals surface area (Å²) in [6.07, 6.45) is 0.753. The highest BCUT2D eigenvalue weighted by atomic mass is 32.1. The predicted molar refractivity (Wildman–Crippen MR) is 55.7 cm³/mol. The third kappa shape index (κ3) is 1.80. The Balaban J connectivity index is 2.63. The zero-order chi connectivity index (χ0) is 9.30. The Morgan fingerprint density at radius 3 is 2.08 bits per heavy atom. The van der Waals surface area contributed by atoms with Gasteiger partial charge in [0.15, 0.2) is 0 Å². The van der Waals surface area contributed by atoms with Crippen LogP contribution in [-0.4, -0.2) is 18.0 Å². The first kappa shape index (κ1) is 10.4. The minimum atomic E-state index is 0.356. The maximum absolute atomic E-state index is 5.85. The van der Waals surface area contributed by atoms with Crippen LogP contribution in [0.3, 0.4) is 0 Å². The van der Waals surface area contributed by atoms with Gasteiger partial charge in [-0.25, -0.2) is 0 Å². The summed E-state index contributed by atoms with van der Waals surface area (Å²) in [4.78, 5) is 0. The molecule has 0 radical (unpaired) electrons. The quantitative estimate of drug-likeness (QED) is 0.622. The van der Waals surface area contributed by atoms with E-state index in [2.05, 4.69) is 40.3 Å². The van der Waals surface area contributed by atoms with Crippen LogP contribution in [0.5, 0.6) is 0 Å². The largest absolute Gasteiger partial charge is 0.374 e. The highest BCUT2D eigenvalue weighted by Crippen LogP contribution is 2.34. The molecule has 0 aromatic rings. The molecule has 0 aliphatic carbocycles. The zero-order valence-electron chi connectivity index (χ0n) is 8.45. The second kappa shape index (κ2) is 4.01. The monoisotopic (exact) mass is 188 g/mol.